The van der Waals surface area contributed by atoms with Gasteiger partial charge in [0.2, 0.25) is 11.8 Å². The second kappa shape index (κ2) is 7.79. The molecule has 1 fully saturated rings. The van der Waals surface area contributed by atoms with Gasteiger partial charge in [-0.3, -0.25) is 9.59 Å². The van der Waals surface area contributed by atoms with Crippen LogP contribution in [0.1, 0.15) is 18.4 Å². The third kappa shape index (κ3) is 4.35. The third-order valence-electron chi connectivity index (χ3n) is 4.62. The van der Waals surface area contributed by atoms with Crippen LogP contribution in [0.5, 0.6) is 0 Å². The fourth-order valence-corrected chi connectivity index (χ4v) is 3.11. The van der Waals surface area contributed by atoms with Crippen LogP contribution in [0.15, 0.2) is 60.7 Å². The van der Waals surface area contributed by atoms with Gasteiger partial charge >= 0.3 is 0 Å². The van der Waals surface area contributed by atoms with E-state index < -0.39 is 0 Å². The first-order valence-electron chi connectivity index (χ1n) is 8.55. The van der Waals surface area contributed by atoms with E-state index >= 15 is 0 Å². The van der Waals surface area contributed by atoms with Gasteiger partial charge in [0.1, 0.15) is 0 Å². The van der Waals surface area contributed by atoms with Crippen molar-refractivity contribution in [1.82, 2.24) is 4.90 Å². The molecule has 4 heteroatoms. The Hall–Kier alpha value is -2.88. The maximum Gasteiger partial charge on any atom is 0.246 e. The highest BCUT2D eigenvalue weighted by Crippen LogP contribution is 2.21. The quantitative estimate of drug-likeness (QED) is 0.873. The van der Waals surface area contributed by atoms with E-state index in [1.807, 2.05) is 36.4 Å². The first kappa shape index (κ1) is 17.0. The number of hydrogen-bond donors (Lipinski definition) is 1. The summed E-state index contributed by atoms with van der Waals surface area (Å²) >= 11 is 0. The zero-order valence-corrected chi connectivity index (χ0v) is 14.1. The van der Waals surface area contributed by atoms with Crippen molar-refractivity contribution in [3.8, 4) is 11.1 Å². The molecule has 2 aromatic rings. The molecule has 1 aliphatic heterocycles. The van der Waals surface area contributed by atoms with Crippen molar-refractivity contribution in [3.05, 3.63) is 66.2 Å². The SMILES string of the molecule is NC(=O)C1CCN(C(=O)C=Cc2cccc(-c3ccccc3)c2)CC1. The first-order valence-corrected chi connectivity index (χ1v) is 8.55. The maximum absolute atomic E-state index is 12.3. The van der Waals surface area contributed by atoms with Crippen molar-refractivity contribution < 1.29 is 9.59 Å². The summed E-state index contributed by atoms with van der Waals surface area (Å²) in [5.41, 5.74) is 8.59. The number of nitrogens with zero attached hydrogens (tertiary/aromatic N) is 1. The summed E-state index contributed by atoms with van der Waals surface area (Å²) in [5.74, 6) is -0.385. The third-order valence-corrected chi connectivity index (χ3v) is 4.62. The number of carbonyl (C=O) groups is 2. The zero-order valence-electron chi connectivity index (χ0n) is 14.1. The Morgan fingerprint density at radius 2 is 1.64 bits per heavy atom. The number of primary amides is 1. The standard InChI is InChI=1S/C21H22N2O2/c22-21(25)18-11-13-23(14-12-18)20(24)10-9-16-5-4-8-19(15-16)17-6-2-1-3-7-17/h1-10,15,18H,11-14H2,(H2,22,25). The normalized spacial score (nSPS) is 15.4. The van der Waals surface area contributed by atoms with Crippen molar-refractivity contribution in [2.45, 2.75) is 12.8 Å². The molecule has 1 aliphatic rings. The summed E-state index contributed by atoms with van der Waals surface area (Å²) < 4.78 is 0. The van der Waals surface area contributed by atoms with Gasteiger partial charge in [0.25, 0.3) is 0 Å². The lowest BCUT2D eigenvalue weighted by atomic mass is 9.96. The summed E-state index contributed by atoms with van der Waals surface area (Å²) in [5, 5.41) is 0. The molecule has 0 bridgehead atoms. The van der Waals surface area contributed by atoms with Crippen LogP contribution in [-0.4, -0.2) is 29.8 Å². The largest absolute Gasteiger partial charge is 0.369 e. The molecule has 2 amide bonds. The number of amides is 2. The van der Waals surface area contributed by atoms with Crippen LogP contribution in [-0.2, 0) is 9.59 Å². The van der Waals surface area contributed by atoms with E-state index in [1.165, 1.54) is 0 Å². The van der Waals surface area contributed by atoms with Gasteiger partial charge in [0, 0.05) is 25.1 Å². The lowest BCUT2D eigenvalue weighted by Crippen LogP contribution is -2.41. The Morgan fingerprint density at radius 3 is 2.32 bits per heavy atom. The molecule has 25 heavy (non-hydrogen) atoms. The molecule has 4 nitrogen and oxygen atoms in total. The first-order chi connectivity index (χ1) is 12.1. The number of carbonyl (C=O) groups excluding carboxylic acids is 2. The van der Waals surface area contributed by atoms with E-state index in [9.17, 15) is 9.59 Å². The molecule has 1 heterocycles. The molecule has 0 radical (unpaired) electrons. The monoisotopic (exact) mass is 334 g/mol. The van der Waals surface area contributed by atoms with E-state index in [0.29, 0.717) is 25.9 Å². The molecule has 128 valence electrons. The van der Waals surface area contributed by atoms with E-state index in [1.54, 1.807) is 11.0 Å². The molecule has 0 atom stereocenters. The highest BCUT2D eigenvalue weighted by Gasteiger charge is 2.24. The number of hydrogen-bond acceptors (Lipinski definition) is 2. The van der Waals surface area contributed by atoms with Crippen molar-refractivity contribution in [3.63, 3.8) is 0 Å². The number of piperidine rings is 1. The number of likely N-dealkylation sites (tertiary alicyclic amines) is 1. The van der Waals surface area contributed by atoms with Crippen molar-refractivity contribution in [2.24, 2.45) is 11.7 Å². The Labute approximate surface area is 148 Å². The van der Waals surface area contributed by atoms with Crippen molar-refractivity contribution in [2.75, 3.05) is 13.1 Å². The van der Waals surface area contributed by atoms with E-state index in [0.717, 1.165) is 16.7 Å². The highest BCUT2D eigenvalue weighted by molar-refractivity contribution is 5.92. The maximum atomic E-state index is 12.3. The summed E-state index contributed by atoms with van der Waals surface area (Å²) in [7, 11) is 0. The lowest BCUT2D eigenvalue weighted by Gasteiger charge is -2.29. The molecule has 3 rings (SSSR count). The van der Waals surface area contributed by atoms with E-state index in [4.69, 9.17) is 5.73 Å². The van der Waals surface area contributed by atoms with Crippen LogP contribution in [0.25, 0.3) is 17.2 Å². The van der Waals surface area contributed by atoms with Crippen molar-refractivity contribution >= 4 is 17.9 Å². The molecular weight excluding hydrogens is 312 g/mol. The predicted octanol–water partition coefficient (Wildman–Crippen LogP) is 3.09. The number of nitrogens with two attached hydrogens (primary N) is 1. The Kier molecular flexibility index (Phi) is 5.29. The van der Waals surface area contributed by atoms with E-state index in [2.05, 4.69) is 24.3 Å². The highest BCUT2D eigenvalue weighted by atomic mass is 16.2. The van der Waals surface area contributed by atoms with Gasteiger partial charge < -0.3 is 10.6 Å². The average molecular weight is 334 g/mol. The van der Waals surface area contributed by atoms with Gasteiger partial charge in [-0.15, -0.1) is 0 Å². The summed E-state index contributed by atoms with van der Waals surface area (Å²) in [6.45, 7) is 1.17. The summed E-state index contributed by atoms with van der Waals surface area (Å²) in [6, 6.07) is 18.2. The Balaban J connectivity index is 1.64. The van der Waals surface area contributed by atoms with Crippen LogP contribution in [0, 0.1) is 5.92 Å². The smallest absolute Gasteiger partial charge is 0.246 e. The molecule has 0 unspecified atom stereocenters. The summed E-state index contributed by atoms with van der Waals surface area (Å²) in [4.78, 5) is 25.3. The van der Waals surface area contributed by atoms with Gasteiger partial charge in [-0.05, 0) is 41.7 Å². The van der Waals surface area contributed by atoms with Crippen LogP contribution in [0.3, 0.4) is 0 Å². The van der Waals surface area contributed by atoms with Crippen LogP contribution >= 0.6 is 0 Å². The molecule has 0 aliphatic carbocycles. The minimum Gasteiger partial charge on any atom is -0.369 e. The Morgan fingerprint density at radius 1 is 0.960 bits per heavy atom. The van der Waals surface area contributed by atoms with E-state index in [-0.39, 0.29) is 17.7 Å². The second-order valence-electron chi connectivity index (χ2n) is 6.33. The Bertz CT molecular complexity index is 775. The van der Waals surface area contributed by atoms with Crippen LogP contribution < -0.4 is 5.73 Å². The molecule has 2 N–H and O–H groups in total. The molecule has 0 saturated carbocycles. The van der Waals surface area contributed by atoms with Gasteiger partial charge in [0.05, 0.1) is 0 Å². The second-order valence-corrected chi connectivity index (χ2v) is 6.33. The molecule has 0 spiro atoms. The zero-order chi connectivity index (χ0) is 17.6. The average Bonchev–Trinajstić information content (AvgIpc) is 2.67. The minimum absolute atomic E-state index is 0.0203. The molecule has 2 aromatic carbocycles. The van der Waals surface area contributed by atoms with Gasteiger partial charge in [0.15, 0.2) is 0 Å². The van der Waals surface area contributed by atoms with Crippen LogP contribution in [0.2, 0.25) is 0 Å². The number of rotatable bonds is 4. The van der Waals surface area contributed by atoms with Crippen LogP contribution in [0.4, 0.5) is 0 Å². The minimum atomic E-state index is -0.264. The fourth-order valence-electron chi connectivity index (χ4n) is 3.11. The van der Waals surface area contributed by atoms with Gasteiger partial charge in [-0.2, -0.15) is 0 Å². The predicted molar refractivity (Wildman–Crippen MR) is 99.4 cm³/mol. The lowest BCUT2D eigenvalue weighted by molar-refractivity contribution is -0.130. The number of benzene rings is 2. The molecule has 1 saturated heterocycles. The van der Waals surface area contributed by atoms with Gasteiger partial charge in [-0.25, -0.2) is 0 Å². The van der Waals surface area contributed by atoms with Crippen molar-refractivity contribution in [1.29, 1.82) is 0 Å². The fraction of sp³-hybridized carbons (Fsp3) is 0.238. The molecular formula is C21H22N2O2. The molecule has 0 aromatic heterocycles. The summed E-state index contributed by atoms with van der Waals surface area (Å²) in [6.07, 6.45) is 4.75. The van der Waals surface area contributed by atoms with Gasteiger partial charge in [-0.1, -0.05) is 48.5 Å². The topological polar surface area (TPSA) is 63.4 Å².